The Morgan fingerprint density at radius 2 is 2.00 bits per heavy atom. The summed E-state index contributed by atoms with van der Waals surface area (Å²) >= 11 is 0. The average molecular weight is 315 g/mol. The quantitative estimate of drug-likeness (QED) is 0.897. The summed E-state index contributed by atoms with van der Waals surface area (Å²) < 4.78 is 40.7. The maximum Gasteiger partial charge on any atom is 0.240 e. The summed E-state index contributed by atoms with van der Waals surface area (Å²) in [5, 5.41) is 9.04. The Kier molecular flexibility index (Phi) is 5.01. The van der Waals surface area contributed by atoms with Crippen molar-refractivity contribution in [1.82, 2.24) is 4.72 Å². The molecule has 4 nitrogen and oxygen atoms in total. The van der Waals surface area contributed by atoms with Gasteiger partial charge < -0.3 is 5.11 Å². The first-order chi connectivity index (χ1) is 9.83. The number of nitrogens with one attached hydrogen (secondary N) is 1. The number of halogens is 1. The molecule has 0 spiro atoms. The number of hydrogen-bond donors (Lipinski definition) is 2. The van der Waals surface area contributed by atoms with E-state index in [9.17, 15) is 12.8 Å². The minimum atomic E-state index is -3.68. The molecule has 2 N–H and O–H groups in total. The maximum atomic E-state index is 13.3. The lowest BCUT2D eigenvalue weighted by molar-refractivity contribution is 0.242. The molecule has 3 unspecified atom stereocenters. The van der Waals surface area contributed by atoms with Crippen LogP contribution in [0, 0.1) is 17.7 Å². The lowest BCUT2D eigenvalue weighted by atomic mass is 9.79. The Morgan fingerprint density at radius 3 is 2.62 bits per heavy atom. The van der Waals surface area contributed by atoms with Crippen LogP contribution in [0.4, 0.5) is 4.39 Å². The Morgan fingerprint density at radius 1 is 1.29 bits per heavy atom. The second kappa shape index (κ2) is 6.42. The summed E-state index contributed by atoms with van der Waals surface area (Å²) in [5.41, 5.74) is -0.0106. The van der Waals surface area contributed by atoms with Gasteiger partial charge in [-0.25, -0.2) is 17.5 Å². The first kappa shape index (κ1) is 16.4. The van der Waals surface area contributed by atoms with Gasteiger partial charge in [0.05, 0.1) is 11.5 Å². The van der Waals surface area contributed by atoms with Crippen molar-refractivity contribution in [3.05, 3.63) is 29.6 Å². The van der Waals surface area contributed by atoms with Gasteiger partial charge in [0.25, 0.3) is 0 Å². The third kappa shape index (κ3) is 3.81. The van der Waals surface area contributed by atoms with Crippen molar-refractivity contribution in [2.75, 3.05) is 0 Å². The number of hydrogen-bond acceptors (Lipinski definition) is 3. The van der Waals surface area contributed by atoms with Gasteiger partial charge in [-0.05, 0) is 49.3 Å². The summed E-state index contributed by atoms with van der Waals surface area (Å²) in [4.78, 5) is -0.000718. The van der Waals surface area contributed by atoms with E-state index in [0.717, 1.165) is 25.3 Å². The van der Waals surface area contributed by atoms with Gasteiger partial charge in [-0.15, -0.1) is 0 Å². The van der Waals surface area contributed by atoms with Crippen molar-refractivity contribution in [2.24, 2.45) is 11.8 Å². The van der Waals surface area contributed by atoms with Gasteiger partial charge in [-0.3, -0.25) is 0 Å². The highest BCUT2D eigenvalue weighted by Gasteiger charge is 2.28. The lowest BCUT2D eigenvalue weighted by Gasteiger charge is -2.32. The molecule has 2 rings (SSSR count). The van der Waals surface area contributed by atoms with Crippen LogP contribution < -0.4 is 4.72 Å². The fraction of sp³-hybridized carbons (Fsp3) is 0.600. The number of benzene rings is 1. The smallest absolute Gasteiger partial charge is 0.240 e. The van der Waals surface area contributed by atoms with E-state index in [1.807, 2.05) is 0 Å². The van der Waals surface area contributed by atoms with E-state index >= 15 is 0 Å². The molecule has 1 saturated carbocycles. The zero-order valence-corrected chi connectivity index (χ0v) is 13.2. The number of aliphatic hydroxyl groups excluding tert-OH is 1. The maximum absolute atomic E-state index is 13.3. The van der Waals surface area contributed by atoms with Crippen LogP contribution in [-0.2, 0) is 16.6 Å². The molecular formula is C15H22FNO3S. The molecule has 0 heterocycles. The average Bonchev–Trinajstić information content (AvgIpc) is 2.43. The van der Waals surface area contributed by atoms with Crippen molar-refractivity contribution >= 4 is 10.0 Å². The highest BCUT2D eigenvalue weighted by Crippen LogP contribution is 2.30. The van der Waals surface area contributed by atoms with E-state index < -0.39 is 22.4 Å². The summed E-state index contributed by atoms with van der Waals surface area (Å²) in [6.45, 7) is 3.79. The minimum Gasteiger partial charge on any atom is -0.392 e. The minimum absolute atomic E-state index is 0.000718. The third-order valence-electron chi connectivity index (χ3n) is 4.42. The molecule has 0 aliphatic heterocycles. The predicted octanol–water partition coefficient (Wildman–Crippen LogP) is 2.42. The SMILES string of the molecule is CC1CCC(NS(=O)(=O)c2ccc(F)c(CO)c2)CC1C. The lowest BCUT2D eigenvalue weighted by Crippen LogP contribution is -2.39. The molecule has 1 fully saturated rings. The van der Waals surface area contributed by atoms with E-state index in [-0.39, 0.29) is 16.5 Å². The fourth-order valence-electron chi connectivity index (χ4n) is 2.78. The first-order valence-electron chi connectivity index (χ1n) is 7.25. The fourth-order valence-corrected chi connectivity index (χ4v) is 4.12. The number of rotatable bonds is 4. The normalized spacial score (nSPS) is 26.8. The molecule has 1 aliphatic rings. The molecule has 6 heteroatoms. The number of sulfonamides is 1. The Bertz CT molecular complexity index is 603. The van der Waals surface area contributed by atoms with E-state index in [1.165, 1.54) is 12.1 Å². The molecule has 0 bridgehead atoms. The third-order valence-corrected chi connectivity index (χ3v) is 5.94. The summed E-state index contributed by atoms with van der Waals surface area (Å²) in [6, 6.07) is 3.41. The molecule has 0 radical (unpaired) electrons. The van der Waals surface area contributed by atoms with Gasteiger partial charge in [0, 0.05) is 11.6 Å². The standard InChI is InChI=1S/C15H22FNO3S/c1-10-3-4-13(7-11(10)2)17-21(19,20)14-5-6-15(16)12(8-14)9-18/h5-6,8,10-11,13,17-18H,3-4,7,9H2,1-2H3. The Balaban J connectivity index is 2.15. The van der Waals surface area contributed by atoms with Crippen LogP contribution in [0.5, 0.6) is 0 Å². The van der Waals surface area contributed by atoms with Crippen LogP contribution in [0.1, 0.15) is 38.7 Å². The van der Waals surface area contributed by atoms with Gasteiger partial charge in [0.2, 0.25) is 10.0 Å². The molecule has 1 aromatic rings. The highest BCUT2D eigenvalue weighted by molar-refractivity contribution is 7.89. The Labute approximate surface area is 125 Å². The topological polar surface area (TPSA) is 66.4 Å². The monoisotopic (exact) mass is 315 g/mol. The van der Waals surface area contributed by atoms with Crippen LogP contribution in [-0.4, -0.2) is 19.6 Å². The predicted molar refractivity (Wildman–Crippen MR) is 78.6 cm³/mol. The van der Waals surface area contributed by atoms with Gasteiger partial charge in [0.15, 0.2) is 0 Å². The molecule has 1 aliphatic carbocycles. The van der Waals surface area contributed by atoms with Crippen LogP contribution in [0.25, 0.3) is 0 Å². The van der Waals surface area contributed by atoms with E-state index in [1.54, 1.807) is 0 Å². The van der Waals surface area contributed by atoms with Crippen molar-refractivity contribution in [3.8, 4) is 0 Å². The van der Waals surface area contributed by atoms with E-state index in [4.69, 9.17) is 5.11 Å². The van der Waals surface area contributed by atoms with Crippen molar-refractivity contribution in [2.45, 2.75) is 50.7 Å². The zero-order chi connectivity index (χ0) is 15.6. The molecule has 118 valence electrons. The van der Waals surface area contributed by atoms with Crippen molar-refractivity contribution < 1.29 is 17.9 Å². The largest absolute Gasteiger partial charge is 0.392 e. The molecule has 0 aromatic heterocycles. The molecule has 1 aromatic carbocycles. The van der Waals surface area contributed by atoms with Crippen LogP contribution >= 0.6 is 0 Å². The zero-order valence-electron chi connectivity index (χ0n) is 12.3. The summed E-state index contributed by atoms with van der Waals surface area (Å²) in [6.07, 6.45) is 2.63. The molecule has 21 heavy (non-hydrogen) atoms. The molecular weight excluding hydrogens is 293 g/mol. The molecule has 0 saturated heterocycles. The van der Waals surface area contributed by atoms with Crippen LogP contribution in [0.15, 0.2) is 23.1 Å². The molecule has 3 atom stereocenters. The molecule has 0 amide bonds. The van der Waals surface area contributed by atoms with Gasteiger partial charge in [-0.2, -0.15) is 0 Å². The van der Waals surface area contributed by atoms with Gasteiger partial charge in [-0.1, -0.05) is 13.8 Å². The Hall–Kier alpha value is -0.980. The van der Waals surface area contributed by atoms with E-state index in [2.05, 4.69) is 18.6 Å². The summed E-state index contributed by atoms with van der Waals surface area (Å²) in [5.74, 6) is 0.488. The first-order valence-corrected chi connectivity index (χ1v) is 8.73. The second-order valence-corrected chi connectivity index (χ2v) is 7.71. The second-order valence-electron chi connectivity index (χ2n) is 6.00. The number of aliphatic hydroxyl groups is 1. The van der Waals surface area contributed by atoms with Gasteiger partial charge >= 0.3 is 0 Å². The van der Waals surface area contributed by atoms with Crippen LogP contribution in [0.2, 0.25) is 0 Å². The van der Waals surface area contributed by atoms with Gasteiger partial charge in [0.1, 0.15) is 5.82 Å². The summed E-state index contributed by atoms with van der Waals surface area (Å²) in [7, 11) is -3.68. The van der Waals surface area contributed by atoms with Crippen molar-refractivity contribution in [1.29, 1.82) is 0 Å². The van der Waals surface area contributed by atoms with Crippen molar-refractivity contribution in [3.63, 3.8) is 0 Å². The highest BCUT2D eigenvalue weighted by atomic mass is 32.2. The van der Waals surface area contributed by atoms with E-state index in [0.29, 0.717) is 11.8 Å². The van der Waals surface area contributed by atoms with Crippen LogP contribution in [0.3, 0.4) is 0 Å².